The van der Waals surface area contributed by atoms with Crippen LogP contribution in [0.2, 0.25) is 0 Å². The molecule has 0 radical (unpaired) electrons. The largest absolute Gasteiger partial charge is 0.381 e. The molecule has 4 heteroatoms. The third kappa shape index (κ3) is 3.53. The van der Waals surface area contributed by atoms with Crippen molar-refractivity contribution in [2.24, 2.45) is 5.73 Å². The molecule has 0 aromatic carbocycles. The van der Waals surface area contributed by atoms with Gasteiger partial charge in [-0.1, -0.05) is 6.92 Å². The number of ether oxygens (including phenoxy) is 1. The van der Waals surface area contributed by atoms with Gasteiger partial charge in [0.25, 0.3) is 0 Å². The smallest absolute Gasteiger partial charge is 0.0484 e. The molecule has 106 valence electrons. The van der Waals surface area contributed by atoms with Gasteiger partial charge in [0.2, 0.25) is 0 Å². The number of hydrogen-bond donors (Lipinski definition) is 1. The van der Waals surface area contributed by atoms with Crippen molar-refractivity contribution in [1.29, 1.82) is 0 Å². The van der Waals surface area contributed by atoms with E-state index in [4.69, 9.17) is 10.5 Å². The maximum absolute atomic E-state index is 6.13. The van der Waals surface area contributed by atoms with Crippen LogP contribution in [0.3, 0.4) is 0 Å². The van der Waals surface area contributed by atoms with Crippen molar-refractivity contribution >= 4 is 0 Å². The average Bonchev–Trinajstić information content (AvgIpc) is 2.72. The van der Waals surface area contributed by atoms with Crippen LogP contribution in [-0.4, -0.2) is 41.7 Å². The number of likely N-dealkylation sites (N-methyl/N-ethyl adjacent to an activating group) is 1. The fourth-order valence-corrected chi connectivity index (χ4v) is 2.97. The second-order valence-electron chi connectivity index (χ2n) is 5.26. The lowest BCUT2D eigenvalue weighted by molar-refractivity contribution is 0.0648. The molecule has 0 aliphatic carbocycles. The molecular weight excluding hydrogens is 238 g/mol. The first-order valence-electron chi connectivity index (χ1n) is 7.22. The highest BCUT2D eigenvalue weighted by Gasteiger charge is 2.35. The van der Waals surface area contributed by atoms with Gasteiger partial charge in [-0.15, -0.1) is 0 Å². The van der Waals surface area contributed by atoms with E-state index in [1.807, 2.05) is 12.4 Å². The maximum Gasteiger partial charge on any atom is 0.0484 e. The summed E-state index contributed by atoms with van der Waals surface area (Å²) in [4.78, 5) is 6.59. The van der Waals surface area contributed by atoms with E-state index in [0.29, 0.717) is 6.54 Å². The molecule has 1 unspecified atom stereocenters. The predicted molar refractivity (Wildman–Crippen MR) is 76.8 cm³/mol. The van der Waals surface area contributed by atoms with Crippen LogP contribution in [-0.2, 0) is 11.3 Å². The van der Waals surface area contributed by atoms with Gasteiger partial charge >= 0.3 is 0 Å². The van der Waals surface area contributed by atoms with Crippen molar-refractivity contribution in [3.05, 3.63) is 30.1 Å². The zero-order valence-electron chi connectivity index (χ0n) is 11.8. The van der Waals surface area contributed by atoms with Gasteiger partial charge in [0.05, 0.1) is 0 Å². The molecule has 2 heterocycles. The van der Waals surface area contributed by atoms with Gasteiger partial charge in [-0.05, 0) is 43.5 Å². The summed E-state index contributed by atoms with van der Waals surface area (Å²) in [6.07, 6.45) is 6.97. The van der Waals surface area contributed by atoms with Crippen molar-refractivity contribution in [2.45, 2.75) is 38.3 Å². The lowest BCUT2D eigenvalue weighted by atomic mass is 9.88. The van der Waals surface area contributed by atoms with Crippen molar-refractivity contribution in [2.75, 3.05) is 26.3 Å². The normalized spacial score (nSPS) is 24.4. The number of nitrogens with zero attached hydrogens (tertiary/aromatic N) is 2. The summed E-state index contributed by atoms with van der Waals surface area (Å²) in [5.41, 5.74) is 7.52. The molecule has 1 saturated heterocycles. The minimum Gasteiger partial charge on any atom is -0.381 e. The predicted octanol–water partition coefficient (Wildman–Crippen LogP) is 1.80. The molecular formula is C15H25N3O. The Bertz CT molecular complexity index is 361. The van der Waals surface area contributed by atoms with Crippen molar-refractivity contribution in [3.63, 3.8) is 0 Å². The van der Waals surface area contributed by atoms with Gasteiger partial charge in [-0.25, -0.2) is 0 Å². The zero-order chi connectivity index (χ0) is 13.6. The lowest BCUT2D eigenvalue weighted by Gasteiger charge is -2.42. The molecule has 4 nitrogen and oxygen atoms in total. The summed E-state index contributed by atoms with van der Waals surface area (Å²) in [5, 5.41) is 0. The number of pyridine rings is 1. The molecule has 0 spiro atoms. The first-order valence-corrected chi connectivity index (χ1v) is 7.22. The van der Waals surface area contributed by atoms with Crippen LogP contribution < -0.4 is 5.73 Å². The van der Waals surface area contributed by atoms with Crippen LogP contribution >= 0.6 is 0 Å². The fourth-order valence-electron chi connectivity index (χ4n) is 2.97. The summed E-state index contributed by atoms with van der Waals surface area (Å²) >= 11 is 0. The Morgan fingerprint density at radius 3 is 2.79 bits per heavy atom. The van der Waals surface area contributed by atoms with E-state index in [9.17, 15) is 0 Å². The molecule has 1 aromatic heterocycles. The lowest BCUT2D eigenvalue weighted by Crippen LogP contribution is -2.53. The topological polar surface area (TPSA) is 51.4 Å². The van der Waals surface area contributed by atoms with Crippen molar-refractivity contribution < 1.29 is 4.74 Å². The Morgan fingerprint density at radius 1 is 1.32 bits per heavy atom. The summed E-state index contributed by atoms with van der Waals surface area (Å²) < 4.78 is 5.60. The van der Waals surface area contributed by atoms with E-state index in [1.54, 1.807) is 0 Å². The first kappa shape index (κ1) is 14.4. The summed E-state index contributed by atoms with van der Waals surface area (Å²) in [5.74, 6) is 0. The van der Waals surface area contributed by atoms with Crippen molar-refractivity contribution in [1.82, 2.24) is 9.88 Å². The van der Waals surface area contributed by atoms with E-state index < -0.39 is 0 Å². The number of rotatable bonds is 5. The van der Waals surface area contributed by atoms with Crippen LogP contribution in [0.1, 0.15) is 31.7 Å². The van der Waals surface area contributed by atoms with Gasteiger partial charge in [0, 0.05) is 44.2 Å². The number of hydrogen-bond acceptors (Lipinski definition) is 4. The second kappa shape index (κ2) is 6.98. The van der Waals surface area contributed by atoms with Crippen molar-refractivity contribution in [3.8, 4) is 0 Å². The van der Waals surface area contributed by atoms with E-state index in [0.717, 1.165) is 45.6 Å². The monoisotopic (exact) mass is 263 g/mol. The molecule has 19 heavy (non-hydrogen) atoms. The quantitative estimate of drug-likeness (QED) is 0.880. The summed E-state index contributed by atoms with van der Waals surface area (Å²) in [7, 11) is 0. The van der Waals surface area contributed by atoms with Gasteiger partial charge in [-0.3, -0.25) is 9.88 Å². The van der Waals surface area contributed by atoms with E-state index in [2.05, 4.69) is 28.9 Å². The highest BCUT2D eigenvalue weighted by Crippen LogP contribution is 2.28. The Morgan fingerprint density at radius 2 is 2.11 bits per heavy atom. The molecule has 2 N–H and O–H groups in total. The maximum atomic E-state index is 6.13. The van der Waals surface area contributed by atoms with Gasteiger partial charge in [0.15, 0.2) is 0 Å². The number of aromatic nitrogens is 1. The average molecular weight is 263 g/mol. The van der Waals surface area contributed by atoms with Gasteiger partial charge < -0.3 is 10.5 Å². The Hall–Kier alpha value is -0.970. The molecule has 1 aliphatic rings. The molecule has 1 fully saturated rings. The first-order chi connectivity index (χ1) is 9.30. The molecule has 0 amide bonds. The Kier molecular flexibility index (Phi) is 5.31. The van der Waals surface area contributed by atoms with Crippen LogP contribution in [0.5, 0.6) is 0 Å². The summed E-state index contributed by atoms with van der Waals surface area (Å²) in [6.45, 7) is 6.56. The molecule has 0 saturated carbocycles. The third-order valence-electron chi connectivity index (χ3n) is 4.20. The Balaban J connectivity index is 2.13. The van der Waals surface area contributed by atoms with E-state index in [1.165, 1.54) is 5.56 Å². The molecule has 1 aromatic rings. The van der Waals surface area contributed by atoms with Crippen LogP contribution in [0, 0.1) is 0 Å². The molecule has 0 bridgehead atoms. The second-order valence-corrected chi connectivity index (χ2v) is 5.26. The minimum atomic E-state index is 0.0918. The van der Waals surface area contributed by atoms with E-state index in [-0.39, 0.29) is 5.54 Å². The Labute approximate surface area is 116 Å². The standard InChI is InChI=1S/C15H25N3O/c1-2-18(12-14-4-8-17-9-5-14)15(13-16)6-3-10-19-11-7-15/h4-5,8-9H,2-3,6-7,10-13,16H2,1H3. The minimum absolute atomic E-state index is 0.0918. The highest BCUT2D eigenvalue weighted by molar-refractivity contribution is 5.10. The molecule has 1 atom stereocenters. The summed E-state index contributed by atoms with van der Waals surface area (Å²) in [6, 6.07) is 4.17. The highest BCUT2D eigenvalue weighted by atomic mass is 16.5. The zero-order valence-corrected chi connectivity index (χ0v) is 11.8. The number of nitrogens with two attached hydrogens (primary N) is 1. The SMILES string of the molecule is CCN(Cc1ccncc1)C1(CN)CCCOCC1. The van der Waals surface area contributed by atoms with Crippen LogP contribution in [0.15, 0.2) is 24.5 Å². The van der Waals surface area contributed by atoms with Crippen LogP contribution in [0.25, 0.3) is 0 Å². The van der Waals surface area contributed by atoms with Crippen LogP contribution in [0.4, 0.5) is 0 Å². The molecule has 2 rings (SSSR count). The van der Waals surface area contributed by atoms with Gasteiger partial charge in [0.1, 0.15) is 0 Å². The molecule has 1 aliphatic heterocycles. The third-order valence-corrected chi connectivity index (χ3v) is 4.20. The van der Waals surface area contributed by atoms with Gasteiger partial charge in [-0.2, -0.15) is 0 Å². The van der Waals surface area contributed by atoms with E-state index >= 15 is 0 Å². The fraction of sp³-hybridized carbons (Fsp3) is 0.667.